The van der Waals surface area contributed by atoms with E-state index in [1.807, 2.05) is 32.0 Å². The Labute approximate surface area is 144 Å². The van der Waals surface area contributed by atoms with Crippen LogP contribution in [0, 0.1) is 6.92 Å². The first-order valence-corrected chi connectivity index (χ1v) is 8.45. The molecular formula is C16H22BrN3O3. The van der Waals surface area contributed by atoms with E-state index >= 15 is 0 Å². The van der Waals surface area contributed by atoms with Crippen molar-refractivity contribution in [2.75, 3.05) is 25.0 Å². The van der Waals surface area contributed by atoms with E-state index in [4.69, 9.17) is 4.74 Å². The van der Waals surface area contributed by atoms with Crippen LogP contribution in [0.15, 0.2) is 22.7 Å². The van der Waals surface area contributed by atoms with Gasteiger partial charge in [-0.3, -0.25) is 9.59 Å². The van der Waals surface area contributed by atoms with Gasteiger partial charge in [-0.1, -0.05) is 22.0 Å². The second-order valence-corrected chi connectivity index (χ2v) is 6.47. The predicted molar refractivity (Wildman–Crippen MR) is 92.3 cm³/mol. The van der Waals surface area contributed by atoms with Crippen LogP contribution in [0.5, 0.6) is 0 Å². The van der Waals surface area contributed by atoms with Crippen LogP contribution in [0.25, 0.3) is 0 Å². The lowest BCUT2D eigenvalue weighted by Gasteiger charge is -2.29. The number of hydrogen-bond donors (Lipinski definition) is 3. The maximum atomic E-state index is 12.1. The Morgan fingerprint density at radius 1 is 1.43 bits per heavy atom. The molecule has 1 saturated heterocycles. The standard InChI is InChI=1S/C16H22BrN3O3/c1-10-3-4-12(17)9-13(10)20-14(21)5-6-19-16(22)15-11(2)23-8-7-18-15/h3-4,9,11,15,18H,5-8H2,1-2H3,(H,19,22)(H,20,21)/t11-,15+/m1/s1. The van der Waals surface area contributed by atoms with Crippen molar-refractivity contribution in [3.8, 4) is 0 Å². The Balaban J connectivity index is 1.76. The van der Waals surface area contributed by atoms with Crippen molar-refractivity contribution < 1.29 is 14.3 Å². The van der Waals surface area contributed by atoms with Gasteiger partial charge in [0.1, 0.15) is 6.04 Å². The van der Waals surface area contributed by atoms with Crippen molar-refractivity contribution >= 4 is 33.4 Å². The Bertz CT molecular complexity index is 580. The molecule has 0 unspecified atom stereocenters. The van der Waals surface area contributed by atoms with Crippen molar-refractivity contribution in [1.29, 1.82) is 0 Å². The summed E-state index contributed by atoms with van der Waals surface area (Å²) < 4.78 is 6.34. The number of nitrogens with one attached hydrogen (secondary N) is 3. The highest BCUT2D eigenvalue weighted by molar-refractivity contribution is 9.10. The van der Waals surface area contributed by atoms with E-state index in [9.17, 15) is 9.59 Å². The number of aryl methyl sites for hydroxylation is 1. The summed E-state index contributed by atoms with van der Waals surface area (Å²) in [6.45, 7) is 5.35. The van der Waals surface area contributed by atoms with Crippen LogP contribution in [0.2, 0.25) is 0 Å². The fraction of sp³-hybridized carbons (Fsp3) is 0.500. The zero-order valence-corrected chi connectivity index (χ0v) is 14.9. The highest BCUT2D eigenvalue weighted by Gasteiger charge is 2.27. The van der Waals surface area contributed by atoms with Gasteiger partial charge < -0.3 is 20.7 Å². The second-order valence-electron chi connectivity index (χ2n) is 5.56. The quantitative estimate of drug-likeness (QED) is 0.720. The lowest BCUT2D eigenvalue weighted by atomic mass is 10.1. The molecule has 0 spiro atoms. The molecule has 126 valence electrons. The molecule has 0 saturated carbocycles. The number of anilines is 1. The lowest BCUT2D eigenvalue weighted by Crippen LogP contribution is -2.55. The molecule has 0 aliphatic carbocycles. The van der Waals surface area contributed by atoms with Gasteiger partial charge in [0.2, 0.25) is 11.8 Å². The average Bonchev–Trinajstić information content (AvgIpc) is 2.51. The van der Waals surface area contributed by atoms with Crippen LogP contribution >= 0.6 is 15.9 Å². The number of amides is 2. The molecule has 23 heavy (non-hydrogen) atoms. The summed E-state index contributed by atoms with van der Waals surface area (Å²) in [6, 6.07) is 5.35. The normalized spacial score (nSPS) is 20.8. The summed E-state index contributed by atoms with van der Waals surface area (Å²) in [4.78, 5) is 24.0. The zero-order chi connectivity index (χ0) is 16.8. The third-order valence-electron chi connectivity index (χ3n) is 3.72. The van der Waals surface area contributed by atoms with Crippen LogP contribution in [0.4, 0.5) is 5.69 Å². The number of hydrogen-bond acceptors (Lipinski definition) is 4. The summed E-state index contributed by atoms with van der Waals surface area (Å²) >= 11 is 3.38. The molecule has 7 heteroatoms. The molecule has 0 radical (unpaired) electrons. The maximum Gasteiger partial charge on any atom is 0.239 e. The van der Waals surface area contributed by atoms with Crippen molar-refractivity contribution in [2.24, 2.45) is 0 Å². The Hall–Kier alpha value is -1.44. The van der Waals surface area contributed by atoms with Gasteiger partial charge in [-0.25, -0.2) is 0 Å². The van der Waals surface area contributed by atoms with Crippen molar-refractivity contribution in [3.63, 3.8) is 0 Å². The largest absolute Gasteiger partial charge is 0.375 e. The van der Waals surface area contributed by atoms with Crippen LogP contribution in [0.3, 0.4) is 0 Å². The van der Waals surface area contributed by atoms with Gasteiger partial charge in [-0.15, -0.1) is 0 Å². The van der Waals surface area contributed by atoms with Gasteiger partial charge in [0, 0.05) is 29.7 Å². The van der Waals surface area contributed by atoms with Crippen molar-refractivity contribution in [2.45, 2.75) is 32.4 Å². The number of benzene rings is 1. The molecule has 6 nitrogen and oxygen atoms in total. The second kappa shape index (κ2) is 8.42. The molecule has 1 aromatic rings. The lowest BCUT2D eigenvalue weighted by molar-refractivity contribution is -0.128. The molecule has 2 rings (SSSR count). The van der Waals surface area contributed by atoms with Crippen LogP contribution in [0.1, 0.15) is 18.9 Å². The van der Waals surface area contributed by atoms with Crippen molar-refractivity contribution in [3.05, 3.63) is 28.2 Å². The number of carbonyl (C=O) groups is 2. The van der Waals surface area contributed by atoms with Crippen molar-refractivity contribution in [1.82, 2.24) is 10.6 Å². The van der Waals surface area contributed by atoms with Gasteiger partial charge in [-0.2, -0.15) is 0 Å². The molecule has 0 aromatic heterocycles. The van der Waals surface area contributed by atoms with Gasteiger partial charge >= 0.3 is 0 Å². The van der Waals surface area contributed by atoms with E-state index < -0.39 is 0 Å². The topological polar surface area (TPSA) is 79.5 Å². The van der Waals surface area contributed by atoms with E-state index in [1.165, 1.54) is 0 Å². The smallest absolute Gasteiger partial charge is 0.239 e. The number of rotatable bonds is 5. The minimum absolute atomic E-state index is 0.132. The zero-order valence-electron chi connectivity index (χ0n) is 13.3. The molecule has 1 aliphatic heterocycles. The van der Waals surface area contributed by atoms with Gasteiger partial charge in [0.15, 0.2) is 0 Å². The van der Waals surface area contributed by atoms with Gasteiger partial charge in [0.05, 0.1) is 12.7 Å². The van der Waals surface area contributed by atoms with E-state index in [1.54, 1.807) is 0 Å². The Morgan fingerprint density at radius 3 is 2.96 bits per heavy atom. The summed E-state index contributed by atoms with van der Waals surface area (Å²) in [5.41, 5.74) is 1.76. The average molecular weight is 384 g/mol. The van der Waals surface area contributed by atoms with E-state index in [-0.39, 0.29) is 30.4 Å². The van der Waals surface area contributed by atoms with E-state index in [2.05, 4.69) is 31.9 Å². The highest BCUT2D eigenvalue weighted by Crippen LogP contribution is 2.20. The molecule has 2 atom stereocenters. The molecule has 2 amide bonds. The van der Waals surface area contributed by atoms with Gasteiger partial charge in [0.25, 0.3) is 0 Å². The fourth-order valence-electron chi connectivity index (χ4n) is 2.38. The molecular weight excluding hydrogens is 362 g/mol. The number of ether oxygens (including phenoxy) is 1. The molecule has 1 heterocycles. The first-order valence-electron chi connectivity index (χ1n) is 7.66. The highest BCUT2D eigenvalue weighted by atomic mass is 79.9. The number of halogens is 1. The fourth-order valence-corrected chi connectivity index (χ4v) is 2.74. The Morgan fingerprint density at radius 2 is 2.22 bits per heavy atom. The summed E-state index contributed by atoms with van der Waals surface area (Å²) in [5, 5.41) is 8.74. The third kappa shape index (κ3) is 5.30. The Kier molecular flexibility index (Phi) is 6.56. The molecule has 1 aromatic carbocycles. The monoisotopic (exact) mass is 383 g/mol. The SMILES string of the molecule is Cc1ccc(Br)cc1NC(=O)CCNC(=O)[C@H]1NCCO[C@@H]1C. The predicted octanol–water partition coefficient (Wildman–Crippen LogP) is 1.58. The van der Waals surface area contributed by atoms with Crippen LogP contribution in [-0.2, 0) is 14.3 Å². The first kappa shape index (κ1) is 17.9. The summed E-state index contributed by atoms with van der Waals surface area (Å²) in [5.74, 6) is -0.268. The summed E-state index contributed by atoms with van der Waals surface area (Å²) in [7, 11) is 0. The van der Waals surface area contributed by atoms with Crippen LogP contribution in [-0.4, -0.2) is 43.7 Å². The number of carbonyl (C=O) groups excluding carboxylic acids is 2. The minimum Gasteiger partial charge on any atom is -0.375 e. The molecule has 1 fully saturated rings. The first-order chi connectivity index (χ1) is 11.0. The van der Waals surface area contributed by atoms with Crippen LogP contribution < -0.4 is 16.0 Å². The van der Waals surface area contributed by atoms with Gasteiger partial charge in [-0.05, 0) is 31.5 Å². The maximum absolute atomic E-state index is 12.1. The summed E-state index contributed by atoms with van der Waals surface area (Å²) in [6.07, 6.45) is 0.0570. The molecule has 1 aliphatic rings. The third-order valence-corrected chi connectivity index (χ3v) is 4.22. The van der Waals surface area contributed by atoms with E-state index in [0.29, 0.717) is 19.7 Å². The number of morpholine rings is 1. The molecule has 3 N–H and O–H groups in total. The van der Waals surface area contributed by atoms with E-state index in [0.717, 1.165) is 15.7 Å². The molecule has 0 bridgehead atoms. The minimum atomic E-state index is -0.362.